The maximum absolute atomic E-state index is 3.93. The predicted octanol–water partition coefficient (Wildman–Crippen LogP) is 4.73. The first-order chi connectivity index (χ1) is 9.56. The van der Waals surface area contributed by atoms with Crippen LogP contribution in [0.5, 0.6) is 0 Å². The summed E-state index contributed by atoms with van der Waals surface area (Å²) in [6.07, 6.45) is 6.80. The van der Waals surface area contributed by atoms with Gasteiger partial charge in [0.15, 0.2) is 0 Å². The van der Waals surface area contributed by atoms with Crippen LogP contribution >= 0.6 is 0 Å². The number of rotatable bonds is 3. The summed E-state index contributed by atoms with van der Waals surface area (Å²) < 4.78 is 0. The zero-order chi connectivity index (χ0) is 14.2. The van der Waals surface area contributed by atoms with Crippen molar-refractivity contribution in [2.75, 3.05) is 6.54 Å². The number of fused-ring (bicyclic) bond motifs is 1. The fourth-order valence-electron chi connectivity index (χ4n) is 4.25. The van der Waals surface area contributed by atoms with E-state index >= 15 is 0 Å². The topological polar surface area (TPSA) is 12.0 Å². The van der Waals surface area contributed by atoms with Gasteiger partial charge in [-0.25, -0.2) is 0 Å². The summed E-state index contributed by atoms with van der Waals surface area (Å²) in [6.45, 7) is 8.46. The van der Waals surface area contributed by atoms with E-state index in [-0.39, 0.29) is 0 Å². The Labute approximate surface area is 124 Å². The van der Waals surface area contributed by atoms with Gasteiger partial charge in [-0.2, -0.15) is 0 Å². The highest BCUT2D eigenvalue weighted by molar-refractivity contribution is 5.34. The Bertz CT molecular complexity index is 463. The zero-order valence-electron chi connectivity index (χ0n) is 13.3. The second-order valence-electron chi connectivity index (χ2n) is 7.81. The molecule has 2 aliphatic rings. The van der Waals surface area contributed by atoms with Gasteiger partial charge in [0.1, 0.15) is 0 Å². The van der Waals surface area contributed by atoms with Crippen LogP contribution in [-0.2, 0) is 6.42 Å². The van der Waals surface area contributed by atoms with Gasteiger partial charge < -0.3 is 5.32 Å². The first kappa shape index (κ1) is 14.1. The average Bonchev–Trinajstić information content (AvgIpc) is 2.83. The van der Waals surface area contributed by atoms with E-state index in [0.29, 0.717) is 11.5 Å². The van der Waals surface area contributed by atoms with Crippen molar-refractivity contribution in [2.24, 2.45) is 17.3 Å². The lowest BCUT2D eigenvalue weighted by Gasteiger charge is -2.41. The third-order valence-corrected chi connectivity index (χ3v) is 5.60. The standard InChI is InChI=1S/C19H29N/c1-14-8-9-15(12-14)13-20-18-17-7-5-4-6-16(17)10-11-19(18,2)3/h4-7,14-15,18,20H,8-13H2,1-3H3. The second-order valence-corrected chi connectivity index (χ2v) is 7.81. The van der Waals surface area contributed by atoms with Crippen LogP contribution in [0.3, 0.4) is 0 Å². The molecule has 0 radical (unpaired) electrons. The van der Waals surface area contributed by atoms with Gasteiger partial charge >= 0.3 is 0 Å². The van der Waals surface area contributed by atoms with E-state index in [4.69, 9.17) is 0 Å². The first-order valence-corrected chi connectivity index (χ1v) is 8.37. The molecule has 1 aromatic carbocycles. The molecule has 1 fully saturated rings. The van der Waals surface area contributed by atoms with E-state index in [0.717, 1.165) is 11.8 Å². The van der Waals surface area contributed by atoms with Crippen molar-refractivity contribution in [1.29, 1.82) is 0 Å². The molecule has 2 aliphatic carbocycles. The Balaban J connectivity index is 1.73. The summed E-state index contributed by atoms with van der Waals surface area (Å²) >= 11 is 0. The fourth-order valence-corrected chi connectivity index (χ4v) is 4.25. The third-order valence-electron chi connectivity index (χ3n) is 5.60. The zero-order valence-corrected chi connectivity index (χ0v) is 13.3. The highest BCUT2D eigenvalue weighted by Gasteiger charge is 2.36. The van der Waals surface area contributed by atoms with Crippen LogP contribution in [0.1, 0.15) is 63.6 Å². The molecule has 0 bridgehead atoms. The highest BCUT2D eigenvalue weighted by Crippen LogP contribution is 2.43. The summed E-state index contributed by atoms with van der Waals surface area (Å²) in [5.74, 6) is 1.84. The predicted molar refractivity (Wildman–Crippen MR) is 85.8 cm³/mol. The van der Waals surface area contributed by atoms with E-state index in [2.05, 4.69) is 50.4 Å². The molecule has 1 saturated carbocycles. The van der Waals surface area contributed by atoms with Crippen molar-refractivity contribution in [3.63, 3.8) is 0 Å². The van der Waals surface area contributed by atoms with Crippen molar-refractivity contribution in [2.45, 2.75) is 58.9 Å². The lowest BCUT2D eigenvalue weighted by Crippen LogP contribution is -2.39. The van der Waals surface area contributed by atoms with Gasteiger partial charge in [0.2, 0.25) is 0 Å². The number of aryl methyl sites for hydroxylation is 1. The maximum Gasteiger partial charge on any atom is 0.0374 e. The maximum atomic E-state index is 3.93. The van der Waals surface area contributed by atoms with E-state index in [9.17, 15) is 0 Å². The van der Waals surface area contributed by atoms with Gasteiger partial charge in [-0.15, -0.1) is 0 Å². The number of benzene rings is 1. The van der Waals surface area contributed by atoms with E-state index < -0.39 is 0 Å². The molecule has 1 N–H and O–H groups in total. The smallest absolute Gasteiger partial charge is 0.0374 e. The van der Waals surface area contributed by atoms with Crippen LogP contribution in [0, 0.1) is 17.3 Å². The number of nitrogens with one attached hydrogen (secondary N) is 1. The molecule has 0 spiro atoms. The quantitative estimate of drug-likeness (QED) is 0.838. The van der Waals surface area contributed by atoms with Gasteiger partial charge in [0.05, 0.1) is 0 Å². The summed E-state index contributed by atoms with van der Waals surface area (Å²) in [5.41, 5.74) is 3.48. The van der Waals surface area contributed by atoms with Crippen LogP contribution < -0.4 is 5.32 Å². The molecule has 0 aliphatic heterocycles. The lowest BCUT2D eigenvalue weighted by molar-refractivity contribution is 0.201. The molecule has 0 aromatic heterocycles. The monoisotopic (exact) mass is 271 g/mol. The normalized spacial score (nSPS) is 32.0. The molecule has 1 aromatic rings. The lowest BCUT2D eigenvalue weighted by atomic mass is 9.70. The third kappa shape index (κ3) is 2.79. The van der Waals surface area contributed by atoms with Crippen molar-refractivity contribution in [1.82, 2.24) is 5.32 Å². The van der Waals surface area contributed by atoms with Gasteiger partial charge in [0.25, 0.3) is 0 Å². The number of hydrogen-bond acceptors (Lipinski definition) is 1. The van der Waals surface area contributed by atoms with Crippen molar-refractivity contribution < 1.29 is 0 Å². The van der Waals surface area contributed by atoms with Crippen LogP contribution in [0.25, 0.3) is 0 Å². The van der Waals surface area contributed by atoms with Crippen molar-refractivity contribution in [3.8, 4) is 0 Å². The fraction of sp³-hybridized carbons (Fsp3) is 0.684. The second kappa shape index (κ2) is 5.52. The summed E-state index contributed by atoms with van der Waals surface area (Å²) in [6, 6.07) is 9.57. The molecular formula is C19H29N. The minimum absolute atomic E-state index is 0.374. The van der Waals surface area contributed by atoms with Crippen LogP contribution in [0.4, 0.5) is 0 Å². The van der Waals surface area contributed by atoms with Crippen LogP contribution in [-0.4, -0.2) is 6.54 Å². The summed E-state index contributed by atoms with van der Waals surface area (Å²) in [7, 11) is 0. The van der Waals surface area contributed by atoms with Crippen molar-refractivity contribution in [3.05, 3.63) is 35.4 Å². The highest BCUT2D eigenvalue weighted by atomic mass is 14.9. The van der Waals surface area contributed by atoms with E-state index in [1.165, 1.54) is 38.6 Å². The molecule has 20 heavy (non-hydrogen) atoms. The Kier molecular flexibility index (Phi) is 3.90. The SMILES string of the molecule is CC1CCC(CNC2c3ccccc3CCC2(C)C)C1. The van der Waals surface area contributed by atoms with Gasteiger partial charge in [0, 0.05) is 6.04 Å². The Hall–Kier alpha value is -0.820. The molecule has 1 heteroatoms. The number of hydrogen-bond donors (Lipinski definition) is 1. The first-order valence-electron chi connectivity index (χ1n) is 8.37. The Morgan fingerprint density at radius 1 is 1.20 bits per heavy atom. The average molecular weight is 271 g/mol. The van der Waals surface area contributed by atoms with E-state index in [1.807, 2.05) is 0 Å². The van der Waals surface area contributed by atoms with E-state index in [1.54, 1.807) is 11.1 Å². The minimum atomic E-state index is 0.374. The molecule has 3 rings (SSSR count). The summed E-state index contributed by atoms with van der Waals surface area (Å²) in [4.78, 5) is 0. The van der Waals surface area contributed by atoms with Gasteiger partial charge in [-0.3, -0.25) is 0 Å². The minimum Gasteiger partial charge on any atom is -0.309 e. The molecule has 0 saturated heterocycles. The molecule has 110 valence electrons. The van der Waals surface area contributed by atoms with Crippen LogP contribution in [0.15, 0.2) is 24.3 Å². The molecule has 1 nitrogen and oxygen atoms in total. The van der Waals surface area contributed by atoms with Gasteiger partial charge in [-0.1, -0.05) is 51.5 Å². The Morgan fingerprint density at radius 3 is 2.75 bits per heavy atom. The molecule has 0 heterocycles. The summed E-state index contributed by atoms with van der Waals surface area (Å²) in [5, 5.41) is 3.93. The molecular weight excluding hydrogens is 242 g/mol. The largest absolute Gasteiger partial charge is 0.309 e. The van der Waals surface area contributed by atoms with Crippen molar-refractivity contribution >= 4 is 0 Å². The van der Waals surface area contributed by atoms with Crippen LogP contribution in [0.2, 0.25) is 0 Å². The Morgan fingerprint density at radius 2 is 2.00 bits per heavy atom. The molecule has 3 unspecified atom stereocenters. The van der Waals surface area contributed by atoms with Gasteiger partial charge in [-0.05, 0) is 60.6 Å². The molecule has 3 atom stereocenters. The molecule has 0 amide bonds.